The molecule has 112 valence electrons. The van der Waals surface area contributed by atoms with Gasteiger partial charge in [0.15, 0.2) is 5.96 Å². The molecule has 6 heteroatoms. The van der Waals surface area contributed by atoms with Gasteiger partial charge >= 0.3 is 0 Å². The summed E-state index contributed by atoms with van der Waals surface area (Å²) in [6.07, 6.45) is 2.90. The van der Waals surface area contributed by atoms with E-state index in [9.17, 15) is 0 Å². The highest BCUT2D eigenvalue weighted by Crippen LogP contribution is 2.31. The first-order valence-corrected chi connectivity index (χ1v) is 8.04. The van der Waals surface area contributed by atoms with E-state index in [4.69, 9.17) is 4.42 Å². The van der Waals surface area contributed by atoms with Gasteiger partial charge in [0.2, 0.25) is 0 Å². The number of rotatable bonds is 5. The van der Waals surface area contributed by atoms with Crippen LogP contribution in [0.5, 0.6) is 0 Å². The van der Waals surface area contributed by atoms with Crippen molar-refractivity contribution in [2.75, 3.05) is 39.2 Å². The van der Waals surface area contributed by atoms with E-state index in [-0.39, 0.29) is 5.54 Å². The fourth-order valence-electron chi connectivity index (χ4n) is 2.30. The Morgan fingerprint density at radius 3 is 2.90 bits per heavy atom. The summed E-state index contributed by atoms with van der Waals surface area (Å²) in [4.78, 5) is 6.60. The Balaban J connectivity index is 1.84. The number of nitrogens with zero attached hydrogens (tertiary/aromatic N) is 2. The van der Waals surface area contributed by atoms with Crippen LogP contribution in [0.15, 0.2) is 27.8 Å². The molecule has 1 aromatic rings. The smallest absolute Gasteiger partial charge is 0.191 e. The second-order valence-corrected chi connectivity index (χ2v) is 6.39. The molecule has 0 aromatic carbocycles. The third-order valence-electron chi connectivity index (χ3n) is 3.85. The zero-order chi connectivity index (χ0) is 14.4. The van der Waals surface area contributed by atoms with Crippen LogP contribution in [0.3, 0.4) is 0 Å². The van der Waals surface area contributed by atoms with Crippen molar-refractivity contribution in [1.29, 1.82) is 0 Å². The molecule has 2 N–H and O–H groups in total. The first-order chi connectivity index (χ1) is 9.66. The lowest BCUT2D eigenvalue weighted by molar-refractivity contribution is 0.183. The molecule has 1 saturated heterocycles. The highest BCUT2D eigenvalue weighted by Gasteiger charge is 2.36. The van der Waals surface area contributed by atoms with Crippen LogP contribution < -0.4 is 10.6 Å². The van der Waals surface area contributed by atoms with Gasteiger partial charge in [-0.3, -0.25) is 4.99 Å². The topological polar surface area (TPSA) is 52.8 Å². The monoisotopic (exact) mass is 296 g/mol. The Bertz CT molecular complexity index is 424. The summed E-state index contributed by atoms with van der Waals surface area (Å²) in [6.45, 7) is 1.56. The summed E-state index contributed by atoms with van der Waals surface area (Å²) < 4.78 is 5.31. The Hall–Kier alpha value is -1.14. The molecule has 1 aliphatic rings. The van der Waals surface area contributed by atoms with Gasteiger partial charge in [0.1, 0.15) is 5.76 Å². The molecular formula is C14H24N4OS. The first-order valence-electron chi connectivity index (χ1n) is 6.88. The molecular weight excluding hydrogens is 272 g/mol. The van der Waals surface area contributed by atoms with Crippen molar-refractivity contribution in [3.05, 3.63) is 24.2 Å². The molecule has 0 aliphatic carbocycles. The summed E-state index contributed by atoms with van der Waals surface area (Å²) >= 11 is 2.02. The highest BCUT2D eigenvalue weighted by molar-refractivity contribution is 7.99. The average molecular weight is 296 g/mol. The van der Waals surface area contributed by atoms with Crippen molar-refractivity contribution < 1.29 is 4.42 Å². The molecule has 0 saturated carbocycles. The predicted molar refractivity (Wildman–Crippen MR) is 85.3 cm³/mol. The second kappa shape index (κ2) is 7.04. The maximum Gasteiger partial charge on any atom is 0.191 e. The summed E-state index contributed by atoms with van der Waals surface area (Å²) in [7, 11) is 6.11. The lowest BCUT2D eigenvalue weighted by Crippen LogP contribution is -2.54. The number of likely N-dealkylation sites (N-methyl/N-ethyl adjacent to an activating group) is 1. The molecule has 0 amide bonds. The third-order valence-corrected chi connectivity index (χ3v) is 5.08. The van der Waals surface area contributed by atoms with Crippen molar-refractivity contribution in [3.63, 3.8) is 0 Å². The summed E-state index contributed by atoms with van der Waals surface area (Å²) in [5, 5.41) is 6.71. The molecule has 20 heavy (non-hydrogen) atoms. The van der Waals surface area contributed by atoms with Gasteiger partial charge < -0.3 is 20.0 Å². The first kappa shape index (κ1) is 15.3. The normalized spacial score (nSPS) is 23.3. The van der Waals surface area contributed by atoms with Crippen LogP contribution in [0.1, 0.15) is 12.2 Å². The maximum atomic E-state index is 5.31. The van der Waals surface area contributed by atoms with Crippen molar-refractivity contribution in [2.24, 2.45) is 4.99 Å². The van der Waals surface area contributed by atoms with Gasteiger partial charge in [0.25, 0.3) is 0 Å². The third kappa shape index (κ3) is 3.70. The number of hydrogen-bond acceptors (Lipinski definition) is 4. The van der Waals surface area contributed by atoms with Crippen LogP contribution >= 0.6 is 11.8 Å². The summed E-state index contributed by atoms with van der Waals surface area (Å²) in [6, 6.07) is 3.85. The molecule has 1 aliphatic heterocycles. The van der Waals surface area contributed by atoms with Gasteiger partial charge in [-0.1, -0.05) is 0 Å². The van der Waals surface area contributed by atoms with E-state index in [2.05, 4.69) is 34.6 Å². The number of aliphatic imine (C=N–C) groups is 1. The summed E-state index contributed by atoms with van der Waals surface area (Å²) in [5.74, 6) is 4.13. The zero-order valence-electron chi connectivity index (χ0n) is 12.5. The predicted octanol–water partition coefficient (Wildman–Crippen LogP) is 1.38. The molecule has 1 aromatic heterocycles. The van der Waals surface area contributed by atoms with E-state index in [1.807, 2.05) is 23.9 Å². The fourth-order valence-corrected chi connectivity index (χ4v) is 3.85. The van der Waals surface area contributed by atoms with E-state index in [0.29, 0.717) is 6.54 Å². The van der Waals surface area contributed by atoms with Crippen LogP contribution in [0.25, 0.3) is 0 Å². The minimum absolute atomic E-state index is 0.229. The molecule has 0 bridgehead atoms. The van der Waals surface area contributed by atoms with Crippen molar-refractivity contribution >= 4 is 17.7 Å². The van der Waals surface area contributed by atoms with Crippen molar-refractivity contribution in [3.8, 4) is 0 Å². The van der Waals surface area contributed by atoms with Gasteiger partial charge in [-0.25, -0.2) is 0 Å². The van der Waals surface area contributed by atoms with Gasteiger partial charge in [-0.2, -0.15) is 11.8 Å². The molecule has 1 unspecified atom stereocenters. The van der Waals surface area contributed by atoms with Crippen LogP contribution in [-0.4, -0.2) is 55.6 Å². The van der Waals surface area contributed by atoms with Crippen LogP contribution in [0.4, 0.5) is 0 Å². The highest BCUT2D eigenvalue weighted by atomic mass is 32.2. The number of thioether (sulfide) groups is 1. The average Bonchev–Trinajstić information content (AvgIpc) is 3.10. The van der Waals surface area contributed by atoms with Gasteiger partial charge in [0.05, 0.1) is 12.8 Å². The Morgan fingerprint density at radius 1 is 1.50 bits per heavy atom. The molecule has 0 radical (unpaired) electrons. The van der Waals surface area contributed by atoms with Crippen LogP contribution in [0.2, 0.25) is 0 Å². The Labute approximate surface area is 125 Å². The van der Waals surface area contributed by atoms with Gasteiger partial charge in [-0.15, -0.1) is 0 Å². The van der Waals surface area contributed by atoms with E-state index >= 15 is 0 Å². The molecule has 2 rings (SSSR count). The van der Waals surface area contributed by atoms with E-state index < -0.39 is 0 Å². The lowest BCUT2D eigenvalue weighted by Gasteiger charge is -2.36. The quantitative estimate of drug-likeness (QED) is 0.635. The second-order valence-electron chi connectivity index (χ2n) is 5.28. The fraction of sp³-hybridized carbons (Fsp3) is 0.643. The Morgan fingerprint density at radius 2 is 2.35 bits per heavy atom. The molecule has 1 fully saturated rings. The molecule has 1 atom stereocenters. The van der Waals surface area contributed by atoms with E-state index in [0.717, 1.165) is 18.3 Å². The standard InChI is InChI=1S/C14H24N4OS/c1-15-13(16-9-12-5-4-7-19-12)17-10-14(18(2)3)6-8-20-11-14/h4-5,7H,6,8-11H2,1-3H3,(H2,15,16,17). The lowest BCUT2D eigenvalue weighted by atomic mass is 9.97. The van der Waals surface area contributed by atoms with Crippen molar-refractivity contribution in [2.45, 2.75) is 18.5 Å². The largest absolute Gasteiger partial charge is 0.467 e. The number of furan rings is 1. The maximum absolute atomic E-state index is 5.31. The number of nitrogens with one attached hydrogen (secondary N) is 2. The van der Waals surface area contributed by atoms with E-state index in [1.54, 1.807) is 13.3 Å². The molecule has 2 heterocycles. The minimum Gasteiger partial charge on any atom is -0.467 e. The van der Waals surface area contributed by atoms with Crippen molar-refractivity contribution in [1.82, 2.24) is 15.5 Å². The van der Waals surface area contributed by atoms with Crippen LogP contribution in [0, 0.1) is 0 Å². The SMILES string of the molecule is CN=C(NCc1ccco1)NCC1(N(C)C)CCSC1. The van der Waals surface area contributed by atoms with Gasteiger partial charge in [-0.05, 0) is 38.4 Å². The van der Waals surface area contributed by atoms with E-state index in [1.165, 1.54) is 17.9 Å². The number of hydrogen-bond donors (Lipinski definition) is 2. The molecule has 0 spiro atoms. The minimum atomic E-state index is 0.229. The van der Waals surface area contributed by atoms with Crippen LogP contribution in [-0.2, 0) is 6.54 Å². The Kier molecular flexibility index (Phi) is 5.37. The molecule has 5 nitrogen and oxygen atoms in total. The zero-order valence-corrected chi connectivity index (χ0v) is 13.3. The number of guanidine groups is 1. The summed E-state index contributed by atoms with van der Waals surface area (Å²) in [5.41, 5.74) is 0.229. The van der Waals surface area contributed by atoms with Gasteiger partial charge in [0, 0.05) is 24.9 Å².